The summed E-state index contributed by atoms with van der Waals surface area (Å²) in [5.74, 6) is 1.04. The topological polar surface area (TPSA) is 64.6 Å². The fraction of sp³-hybridized carbons (Fsp3) is 0.300. The Hall–Kier alpha value is -2.53. The molecule has 0 unspecified atom stereocenters. The van der Waals surface area contributed by atoms with Crippen molar-refractivity contribution in [1.29, 1.82) is 0 Å². The van der Waals surface area contributed by atoms with Crippen molar-refractivity contribution in [3.05, 3.63) is 58.6 Å². The Kier molecular flexibility index (Phi) is 6.12. The van der Waals surface area contributed by atoms with Crippen LogP contribution in [0.1, 0.15) is 28.8 Å². The van der Waals surface area contributed by atoms with Crippen molar-refractivity contribution in [2.45, 2.75) is 19.3 Å². The van der Waals surface area contributed by atoms with Crippen LogP contribution in [0.4, 0.5) is 0 Å². The number of amides is 1. The highest BCUT2D eigenvalue weighted by molar-refractivity contribution is 6.32. The zero-order valence-electron chi connectivity index (χ0n) is 14.3. The normalized spacial score (nSPS) is 12.5. The Morgan fingerprint density at radius 2 is 1.81 bits per heavy atom. The fourth-order valence-corrected chi connectivity index (χ4v) is 3.03. The van der Waals surface area contributed by atoms with Gasteiger partial charge in [0.1, 0.15) is 13.2 Å². The average molecular weight is 374 g/mol. The number of carbonyl (C=O) groups excluding carboxylic acids is 2. The van der Waals surface area contributed by atoms with E-state index in [-0.39, 0.29) is 24.5 Å². The second-order valence-corrected chi connectivity index (χ2v) is 6.40. The number of hydrogen-bond donors (Lipinski definition) is 1. The molecule has 0 saturated heterocycles. The first-order chi connectivity index (χ1) is 12.6. The SMILES string of the molecule is O=C(CCC(=O)c1ccccc1)NCCc1cc(Cl)c2c(c1)OCCO2. The quantitative estimate of drug-likeness (QED) is 0.755. The van der Waals surface area contributed by atoms with Gasteiger partial charge in [0.2, 0.25) is 5.91 Å². The maximum absolute atomic E-state index is 12.0. The van der Waals surface area contributed by atoms with Gasteiger partial charge in [-0.2, -0.15) is 0 Å². The van der Waals surface area contributed by atoms with Gasteiger partial charge >= 0.3 is 0 Å². The van der Waals surface area contributed by atoms with E-state index in [0.29, 0.717) is 48.3 Å². The van der Waals surface area contributed by atoms with E-state index in [2.05, 4.69) is 5.32 Å². The van der Waals surface area contributed by atoms with E-state index in [4.69, 9.17) is 21.1 Å². The second-order valence-electron chi connectivity index (χ2n) is 5.99. The Morgan fingerprint density at radius 1 is 1.04 bits per heavy atom. The molecule has 1 aliphatic heterocycles. The lowest BCUT2D eigenvalue weighted by Gasteiger charge is -2.20. The lowest BCUT2D eigenvalue weighted by atomic mass is 10.1. The van der Waals surface area contributed by atoms with Crippen LogP contribution in [0.25, 0.3) is 0 Å². The number of halogens is 1. The summed E-state index contributed by atoms with van der Waals surface area (Å²) in [6, 6.07) is 12.7. The lowest BCUT2D eigenvalue weighted by molar-refractivity contribution is -0.121. The molecule has 0 atom stereocenters. The van der Waals surface area contributed by atoms with Gasteiger partial charge in [-0.05, 0) is 24.1 Å². The summed E-state index contributed by atoms with van der Waals surface area (Å²) in [4.78, 5) is 23.9. The van der Waals surface area contributed by atoms with Gasteiger partial charge in [0, 0.05) is 24.9 Å². The summed E-state index contributed by atoms with van der Waals surface area (Å²) >= 11 is 6.20. The van der Waals surface area contributed by atoms with Crippen molar-refractivity contribution in [3.8, 4) is 11.5 Å². The van der Waals surface area contributed by atoms with Gasteiger partial charge < -0.3 is 14.8 Å². The van der Waals surface area contributed by atoms with Crippen LogP contribution in [-0.2, 0) is 11.2 Å². The summed E-state index contributed by atoms with van der Waals surface area (Å²) in [7, 11) is 0. The molecule has 1 N–H and O–H groups in total. The average Bonchev–Trinajstić information content (AvgIpc) is 2.67. The van der Waals surface area contributed by atoms with E-state index in [9.17, 15) is 9.59 Å². The Labute approximate surface area is 157 Å². The molecule has 3 rings (SSSR count). The Bertz CT molecular complexity index is 792. The monoisotopic (exact) mass is 373 g/mol. The number of ether oxygens (including phenoxy) is 2. The Morgan fingerprint density at radius 3 is 2.62 bits per heavy atom. The third-order valence-electron chi connectivity index (χ3n) is 4.07. The number of rotatable bonds is 7. The van der Waals surface area contributed by atoms with Gasteiger partial charge in [0.15, 0.2) is 17.3 Å². The number of benzene rings is 2. The predicted molar refractivity (Wildman–Crippen MR) is 99.2 cm³/mol. The first-order valence-electron chi connectivity index (χ1n) is 8.56. The Balaban J connectivity index is 1.44. The third-order valence-corrected chi connectivity index (χ3v) is 4.35. The third kappa shape index (κ3) is 4.76. The fourth-order valence-electron chi connectivity index (χ4n) is 2.74. The molecule has 1 heterocycles. The zero-order valence-corrected chi connectivity index (χ0v) is 15.1. The molecule has 6 heteroatoms. The minimum Gasteiger partial charge on any atom is -0.486 e. The summed E-state index contributed by atoms with van der Waals surface area (Å²) < 4.78 is 11.0. The number of Topliss-reactive ketones (excluding diaryl/α,β-unsaturated/α-hetero) is 1. The minimum atomic E-state index is -0.141. The van der Waals surface area contributed by atoms with E-state index >= 15 is 0 Å². The minimum absolute atomic E-state index is 0.0284. The zero-order chi connectivity index (χ0) is 18.4. The molecule has 0 aromatic heterocycles. The van der Waals surface area contributed by atoms with Gasteiger partial charge in [-0.1, -0.05) is 41.9 Å². The molecule has 26 heavy (non-hydrogen) atoms. The van der Waals surface area contributed by atoms with Crippen molar-refractivity contribution in [1.82, 2.24) is 5.32 Å². The van der Waals surface area contributed by atoms with Gasteiger partial charge in [-0.3, -0.25) is 9.59 Å². The largest absolute Gasteiger partial charge is 0.486 e. The molecular formula is C20H20ClNO4. The molecule has 1 amide bonds. The summed E-state index contributed by atoms with van der Waals surface area (Å²) in [6.45, 7) is 1.46. The molecular weight excluding hydrogens is 354 g/mol. The van der Waals surface area contributed by atoms with Crippen molar-refractivity contribution in [2.75, 3.05) is 19.8 Å². The molecule has 0 fully saturated rings. The number of nitrogens with one attached hydrogen (secondary N) is 1. The van der Waals surface area contributed by atoms with Crippen molar-refractivity contribution in [2.24, 2.45) is 0 Å². The lowest BCUT2D eigenvalue weighted by Crippen LogP contribution is -2.26. The molecule has 0 radical (unpaired) electrons. The van der Waals surface area contributed by atoms with Crippen LogP contribution in [-0.4, -0.2) is 31.4 Å². The molecule has 5 nitrogen and oxygen atoms in total. The second kappa shape index (κ2) is 8.72. The first kappa shape index (κ1) is 18.3. The number of ketones is 1. The van der Waals surface area contributed by atoms with Crippen LogP contribution in [0.2, 0.25) is 5.02 Å². The van der Waals surface area contributed by atoms with E-state index in [1.807, 2.05) is 30.3 Å². The molecule has 0 spiro atoms. The standard InChI is InChI=1S/C20H20ClNO4/c21-16-12-14(13-18-20(16)26-11-10-25-18)8-9-22-19(24)7-6-17(23)15-4-2-1-3-5-15/h1-5,12-13H,6-11H2,(H,22,24). The van der Waals surface area contributed by atoms with Gasteiger partial charge in [-0.25, -0.2) is 0 Å². The van der Waals surface area contributed by atoms with Crippen LogP contribution in [0.15, 0.2) is 42.5 Å². The maximum Gasteiger partial charge on any atom is 0.220 e. The van der Waals surface area contributed by atoms with Crippen LogP contribution >= 0.6 is 11.6 Å². The maximum atomic E-state index is 12.0. The van der Waals surface area contributed by atoms with Crippen molar-refractivity contribution in [3.63, 3.8) is 0 Å². The summed E-state index contributed by atoms with van der Waals surface area (Å²) in [5, 5.41) is 3.34. The highest BCUT2D eigenvalue weighted by atomic mass is 35.5. The molecule has 1 aliphatic rings. The molecule has 2 aromatic carbocycles. The van der Waals surface area contributed by atoms with Gasteiger partial charge in [-0.15, -0.1) is 0 Å². The summed E-state index contributed by atoms with van der Waals surface area (Å²) in [5.41, 5.74) is 1.59. The van der Waals surface area contributed by atoms with Crippen molar-refractivity contribution < 1.29 is 19.1 Å². The van der Waals surface area contributed by atoms with E-state index in [1.165, 1.54) is 0 Å². The highest BCUT2D eigenvalue weighted by Gasteiger charge is 2.16. The molecule has 2 aromatic rings. The number of hydrogen-bond acceptors (Lipinski definition) is 4. The highest BCUT2D eigenvalue weighted by Crippen LogP contribution is 2.38. The summed E-state index contributed by atoms with van der Waals surface area (Å²) in [6.07, 6.45) is 0.996. The number of fused-ring (bicyclic) bond motifs is 1. The van der Waals surface area contributed by atoms with E-state index in [0.717, 1.165) is 5.56 Å². The smallest absolute Gasteiger partial charge is 0.220 e. The number of carbonyl (C=O) groups is 2. The molecule has 0 saturated carbocycles. The molecule has 136 valence electrons. The van der Waals surface area contributed by atoms with Crippen LogP contribution in [0, 0.1) is 0 Å². The predicted octanol–water partition coefficient (Wildman–Crippen LogP) is 3.43. The van der Waals surface area contributed by atoms with E-state index in [1.54, 1.807) is 12.1 Å². The van der Waals surface area contributed by atoms with Gasteiger partial charge in [0.05, 0.1) is 5.02 Å². The molecule has 0 bridgehead atoms. The molecule has 0 aliphatic carbocycles. The first-order valence-corrected chi connectivity index (χ1v) is 8.94. The van der Waals surface area contributed by atoms with Crippen LogP contribution in [0.5, 0.6) is 11.5 Å². The van der Waals surface area contributed by atoms with Crippen molar-refractivity contribution >= 4 is 23.3 Å². The van der Waals surface area contributed by atoms with E-state index < -0.39 is 0 Å². The van der Waals surface area contributed by atoms with Crippen LogP contribution < -0.4 is 14.8 Å². The van der Waals surface area contributed by atoms with Gasteiger partial charge in [0.25, 0.3) is 0 Å². The van der Waals surface area contributed by atoms with Crippen LogP contribution in [0.3, 0.4) is 0 Å².